The fourth-order valence-electron chi connectivity index (χ4n) is 1.71. The molecule has 2 atom stereocenters. The molecule has 0 radical (unpaired) electrons. The van der Waals surface area contributed by atoms with E-state index in [2.05, 4.69) is 12.2 Å². The van der Waals surface area contributed by atoms with E-state index < -0.39 is 0 Å². The molecule has 1 aromatic rings. The first-order valence-electron chi connectivity index (χ1n) is 5.50. The van der Waals surface area contributed by atoms with E-state index >= 15 is 0 Å². The van der Waals surface area contributed by atoms with E-state index in [4.69, 9.17) is 0 Å². The fourth-order valence-corrected chi connectivity index (χ4v) is 1.71. The summed E-state index contributed by atoms with van der Waals surface area (Å²) in [5.74, 6) is 0.806. The Hall–Kier alpha value is -1.64. The summed E-state index contributed by atoms with van der Waals surface area (Å²) in [5.41, 5.74) is 1.42. The van der Waals surface area contributed by atoms with Crippen molar-refractivity contribution in [1.29, 1.82) is 0 Å². The molecule has 3 heteroatoms. The van der Waals surface area contributed by atoms with E-state index in [9.17, 15) is 9.59 Å². The van der Waals surface area contributed by atoms with Gasteiger partial charge in [-0.3, -0.25) is 9.59 Å². The molecule has 0 bridgehead atoms. The van der Waals surface area contributed by atoms with Crippen LogP contribution in [0.3, 0.4) is 0 Å². The number of anilines is 1. The third-order valence-electron chi connectivity index (χ3n) is 3.01. The molecule has 0 saturated heterocycles. The number of hydrogen-bond donors (Lipinski definition) is 1. The van der Waals surface area contributed by atoms with Crippen LogP contribution in [-0.4, -0.2) is 11.7 Å². The van der Waals surface area contributed by atoms with Crippen LogP contribution in [0.25, 0.3) is 0 Å². The number of carbonyl (C=O) groups excluding carboxylic acids is 2. The molecule has 1 aromatic carbocycles. The maximum Gasteiger partial charge on any atom is 0.227 e. The molecule has 0 spiro atoms. The zero-order valence-electron chi connectivity index (χ0n) is 9.49. The van der Waals surface area contributed by atoms with Crippen molar-refractivity contribution in [3.8, 4) is 0 Å². The predicted octanol–water partition coefficient (Wildman–Crippen LogP) is 2.48. The molecule has 1 N–H and O–H groups in total. The average Bonchev–Trinajstić information content (AvgIpc) is 2.96. The Bertz CT molecular complexity index is 422. The standard InChI is InChI=1S/C13H15NO2/c1-8-7-12(8)13(16)14-11-5-3-10(4-6-11)9(2)15/h3-6,8,12H,7H2,1-2H3,(H,14,16)/t8-,12+/m1/s1. The van der Waals surface area contributed by atoms with Crippen LogP contribution in [0, 0.1) is 11.8 Å². The van der Waals surface area contributed by atoms with Gasteiger partial charge >= 0.3 is 0 Å². The normalized spacial score (nSPS) is 22.6. The summed E-state index contributed by atoms with van der Waals surface area (Å²) >= 11 is 0. The van der Waals surface area contributed by atoms with Crippen molar-refractivity contribution in [2.75, 3.05) is 5.32 Å². The summed E-state index contributed by atoms with van der Waals surface area (Å²) in [7, 11) is 0. The van der Waals surface area contributed by atoms with Crippen molar-refractivity contribution < 1.29 is 9.59 Å². The van der Waals surface area contributed by atoms with Gasteiger partial charge in [0, 0.05) is 17.2 Å². The first kappa shape index (κ1) is 10.9. The zero-order chi connectivity index (χ0) is 11.7. The Morgan fingerprint density at radius 2 is 1.81 bits per heavy atom. The lowest BCUT2D eigenvalue weighted by Crippen LogP contribution is -2.14. The number of Topliss-reactive ketones (excluding diaryl/α,β-unsaturated/α-hetero) is 1. The molecule has 0 heterocycles. The average molecular weight is 217 g/mol. The van der Waals surface area contributed by atoms with E-state index in [1.54, 1.807) is 24.3 Å². The second kappa shape index (κ2) is 4.08. The zero-order valence-corrected chi connectivity index (χ0v) is 9.49. The van der Waals surface area contributed by atoms with Crippen molar-refractivity contribution >= 4 is 17.4 Å². The number of carbonyl (C=O) groups is 2. The monoisotopic (exact) mass is 217 g/mol. The highest BCUT2D eigenvalue weighted by atomic mass is 16.2. The number of amides is 1. The van der Waals surface area contributed by atoms with Crippen molar-refractivity contribution in [3.05, 3.63) is 29.8 Å². The highest BCUT2D eigenvalue weighted by Crippen LogP contribution is 2.38. The molecule has 1 saturated carbocycles. The van der Waals surface area contributed by atoms with Gasteiger partial charge in [-0.1, -0.05) is 6.92 Å². The second-order valence-corrected chi connectivity index (χ2v) is 4.44. The predicted molar refractivity (Wildman–Crippen MR) is 62.3 cm³/mol. The van der Waals surface area contributed by atoms with Crippen molar-refractivity contribution in [2.45, 2.75) is 20.3 Å². The van der Waals surface area contributed by atoms with Crippen LogP contribution < -0.4 is 5.32 Å². The molecule has 1 aliphatic rings. The molecule has 0 aromatic heterocycles. The Morgan fingerprint density at radius 3 is 2.25 bits per heavy atom. The van der Waals surface area contributed by atoms with Crippen LogP contribution in [0.5, 0.6) is 0 Å². The molecule has 16 heavy (non-hydrogen) atoms. The summed E-state index contributed by atoms with van der Waals surface area (Å²) in [6, 6.07) is 6.99. The number of rotatable bonds is 3. The van der Waals surface area contributed by atoms with Crippen LogP contribution in [0.15, 0.2) is 24.3 Å². The number of nitrogens with one attached hydrogen (secondary N) is 1. The highest BCUT2D eigenvalue weighted by Gasteiger charge is 2.38. The third-order valence-corrected chi connectivity index (χ3v) is 3.01. The van der Waals surface area contributed by atoms with Gasteiger partial charge in [0.25, 0.3) is 0 Å². The van der Waals surface area contributed by atoms with Crippen molar-refractivity contribution in [1.82, 2.24) is 0 Å². The van der Waals surface area contributed by atoms with Gasteiger partial charge in [-0.05, 0) is 43.5 Å². The van der Waals surface area contributed by atoms with E-state index in [1.165, 1.54) is 6.92 Å². The van der Waals surface area contributed by atoms with Crippen LogP contribution in [0.4, 0.5) is 5.69 Å². The molecule has 1 amide bonds. The lowest BCUT2D eigenvalue weighted by atomic mass is 10.1. The van der Waals surface area contributed by atoms with Gasteiger partial charge in [0.05, 0.1) is 0 Å². The van der Waals surface area contributed by atoms with Crippen LogP contribution in [0.2, 0.25) is 0 Å². The van der Waals surface area contributed by atoms with Gasteiger partial charge in [-0.25, -0.2) is 0 Å². The van der Waals surface area contributed by atoms with Crippen molar-refractivity contribution in [2.24, 2.45) is 11.8 Å². The maximum atomic E-state index is 11.6. The minimum Gasteiger partial charge on any atom is -0.326 e. The summed E-state index contributed by atoms with van der Waals surface area (Å²) in [6.45, 7) is 3.60. The summed E-state index contributed by atoms with van der Waals surface area (Å²) in [4.78, 5) is 22.7. The second-order valence-electron chi connectivity index (χ2n) is 4.44. The van der Waals surface area contributed by atoms with Gasteiger partial charge < -0.3 is 5.32 Å². The third kappa shape index (κ3) is 2.30. The largest absolute Gasteiger partial charge is 0.326 e. The van der Waals surface area contributed by atoms with E-state index in [0.29, 0.717) is 11.5 Å². The van der Waals surface area contributed by atoms with Crippen LogP contribution >= 0.6 is 0 Å². The van der Waals surface area contributed by atoms with Crippen LogP contribution in [-0.2, 0) is 4.79 Å². The summed E-state index contributed by atoms with van der Waals surface area (Å²) < 4.78 is 0. The molecule has 0 unspecified atom stereocenters. The quantitative estimate of drug-likeness (QED) is 0.790. The van der Waals surface area contributed by atoms with Crippen LogP contribution in [0.1, 0.15) is 30.6 Å². The highest BCUT2D eigenvalue weighted by molar-refractivity contribution is 5.96. The van der Waals surface area contributed by atoms with Gasteiger partial charge in [0.1, 0.15) is 0 Å². The van der Waals surface area contributed by atoms with E-state index in [1.807, 2.05) is 0 Å². The van der Waals surface area contributed by atoms with Gasteiger partial charge in [-0.15, -0.1) is 0 Å². The van der Waals surface area contributed by atoms with E-state index in [-0.39, 0.29) is 17.6 Å². The number of hydrogen-bond acceptors (Lipinski definition) is 2. The SMILES string of the molecule is CC(=O)c1ccc(NC(=O)[C@H]2C[C@H]2C)cc1. The number of benzene rings is 1. The molecule has 1 fully saturated rings. The van der Waals surface area contributed by atoms with Gasteiger partial charge in [-0.2, -0.15) is 0 Å². The first-order valence-corrected chi connectivity index (χ1v) is 5.50. The number of ketones is 1. The molecule has 0 aliphatic heterocycles. The van der Waals surface area contributed by atoms with Gasteiger partial charge in [0.15, 0.2) is 5.78 Å². The molecule has 3 nitrogen and oxygen atoms in total. The topological polar surface area (TPSA) is 46.2 Å². The minimum absolute atomic E-state index is 0.0358. The molecule has 1 aliphatic carbocycles. The lowest BCUT2D eigenvalue weighted by Gasteiger charge is -2.04. The lowest BCUT2D eigenvalue weighted by molar-refractivity contribution is -0.117. The van der Waals surface area contributed by atoms with Crippen molar-refractivity contribution in [3.63, 3.8) is 0 Å². The summed E-state index contributed by atoms with van der Waals surface area (Å²) in [5, 5.41) is 2.85. The Labute approximate surface area is 94.9 Å². The summed E-state index contributed by atoms with van der Waals surface area (Å²) in [6.07, 6.45) is 0.983. The van der Waals surface area contributed by atoms with E-state index in [0.717, 1.165) is 12.1 Å². The molecular weight excluding hydrogens is 202 g/mol. The first-order chi connectivity index (χ1) is 7.58. The Morgan fingerprint density at radius 1 is 1.25 bits per heavy atom. The maximum absolute atomic E-state index is 11.6. The molecule has 2 rings (SSSR count). The molecular formula is C13H15NO2. The smallest absolute Gasteiger partial charge is 0.227 e. The Kier molecular flexibility index (Phi) is 2.77. The Balaban J connectivity index is 2.00. The molecule has 84 valence electrons. The minimum atomic E-state index is 0.0358. The fraction of sp³-hybridized carbons (Fsp3) is 0.385. The van der Waals surface area contributed by atoms with Gasteiger partial charge in [0.2, 0.25) is 5.91 Å².